The number of aryl methyl sites for hydroxylation is 1. The molecule has 3 saturated heterocycles. The Kier molecular flexibility index (Phi) is 15.5. The Balaban J connectivity index is 0.00000297. The molecule has 3 aliphatic heterocycles. The van der Waals surface area contributed by atoms with Gasteiger partial charge in [-0.3, -0.25) is 19.6 Å². The van der Waals surface area contributed by atoms with Crippen molar-refractivity contribution in [2.75, 3.05) is 51.1 Å². The molecule has 4 aliphatic rings. The highest BCUT2D eigenvalue weighted by molar-refractivity contribution is 9.09. The van der Waals surface area contributed by atoms with Gasteiger partial charge in [0.15, 0.2) is 0 Å². The van der Waals surface area contributed by atoms with E-state index in [9.17, 15) is 9.59 Å². The van der Waals surface area contributed by atoms with Crippen LogP contribution < -0.4 is 0 Å². The van der Waals surface area contributed by atoms with Crippen LogP contribution in [-0.2, 0) is 16.0 Å². The van der Waals surface area contributed by atoms with Crippen molar-refractivity contribution in [3.63, 3.8) is 0 Å². The fraction of sp³-hybridized carbons (Fsp3) is 0.690. The molecule has 2 unspecified atom stereocenters. The molecule has 290 valence electrons. The number of nitrogens with zero attached hydrogens (tertiary/aromatic N) is 5. The van der Waals surface area contributed by atoms with Crippen molar-refractivity contribution in [1.29, 1.82) is 0 Å². The minimum absolute atomic E-state index is 0.0331. The van der Waals surface area contributed by atoms with Crippen molar-refractivity contribution in [3.05, 3.63) is 58.3 Å². The molecule has 0 saturated carbocycles. The normalized spacial score (nSPS) is 23.2. The van der Waals surface area contributed by atoms with Crippen molar-refractivity contribution < 1.29 is 14.3 Å². The van der Waals surface area contributed by atoms with E-state index in [4.69, 9.17) is 21.3 Å². The molecule has 3 fully saturated rings. The summed E-state index contributed by atoms with van der Waals surface area (Å²) < 4.78 is 5.58. The van der Waals surface area contributed by atoms with Crippen LogP contribution in [0.15, 0.2) is 47.1 Å². The molecule has 2 atom stereocenters. The summed E-state index contributed by atoms with van der Waals surface area (Å²) in [5.41, 5.74) is 4.39. The highest BCUT2D eigenvalue weighted by Crippen LogP contribution is 2.41. The summed E-state index contributed by atoms with van der Waals surface area (Å²) in [4.78, 5) is 40.8. The van der Waals surface area contributed by atoms with Gasteiger partial charge in [-0.05, 0) is 99.5 Å². The maximum absolute atomic E-state index is 13.9. The molecule has 0 spiro atoms. The van der Waals surface area contributed by atoms with Crippen LogP contribution >= 0.6 is 27.5 Å². The van der Waals surface area contributed by atoms with Gasteiger partial charge in [-0.2, -0.15) is 0 Å². The smallest absolute Gasteiger partial charge is 0.410 e. The molecule has 0 radical (unpaired) electrons. The average Bonchev–Trinajstić information content (AvgIpc) is 3.26. The molecule has 10 heteroatoms. The zero-order chi connectivity index (χ0) is 38.2. The lowest BCUT2D eigenvalue weighted by molar-refractivity contribution is -0.142. The molecule has 1 aliphatic carbocycles. The lowest BCUT2D eigenvalue weighted by Gasteiger charge is -2.51. The predicted molar refractivity (Wildman–Crippen MR) is 220 cm³/mol. The number of piperidine rings is 2. The fourth-order valence-electron chi connectivity index (χ4n) is 8.34. The number of fused-ring (bicyclic) bond motifs is 1. The molecule has 0 bridgehead atoms. The first kappa shape index (κ1) is 42.5. The number of hydrogen-bond acceptors (Lipinski definition) is 6. The number of halogens is 2. The molecular formula is C42H65BrClN5O3. The fourth-order valence-corrected chi connectivity index (χ4v) is 8.68. The van der Waals surface area contributed by atoms with Gasteiger partial charge >= 0.3 is 6.09 Å². The summed E-state index contributed by atoms with van der Waals surface area (Å²) in [6.45, 7) is 26.5. The zero-order valence-corrected chi connectivity index (χ0v) is 35.6. The van der Waals surface area contributed by atoms with E-state index in [1.165, 1.54) is 16.7 Å². The number of alkyl halides is 1. The van der Waals surface area contributed by atoms with Gasteiger partial charge in [0.05, 0.1) is 11.7 Å². The number of allylic oxidation sites excluding steroid dienone is 2. The van der Waals surface area contributed by atoms with Gasteiger partial charge in [0.2, 0.25) is 5.91 Å². The van der Waals surface area contributed by atoms with Crippen molar-refractivity contribution in [3.8, 4) is 0 Å². The summed E-state index contributed by atoms with van der Waals surface area (Å²) in [5, 5.41) is 1.49. The Morgan fingerprint density at radius 1 is 0.962 bits per heavy atom. The van der Waals surface area contributed by atoms with Crippen molar-refractivity contribution in [1.82, 2.24) is 19.6 Å². The second-order valence-corrected chi connectivity index (χ2v) is 17.8. The van der Waals surface area contributed by atoms with Gasteiger partial charge < -0.3 is 14.5 Å². The standard InChI is InChI=1S/C40H59BrClN5O3.C2H6/c1-8-29-9-10-30-26-31(42)11-12-33(30)37(36(29)43-18-17-41)44-21-15-32(16-22-44)46-23-24-47(34(27-46)39(2,3)4)35(48)25-28-13-19-45(20-14-28)38(49)50-40(5,6)7;1-2/h8,11-12,18,26,28,32,34,37H,1,9-10,13-17,19-25,27H2,2-7H3;1-2H3. The number of likely N-dealkylation sites (tertiary alicyclic amines) is 2. The maximum Gasteiger partial charge on any atom is 0.410 e. The van der Waals surface area contributed by atoms with Gasteiger partial charge in [-0.25, -0.2) is 4.79 Å². The van der Waals surface area contributed by atoms with Crippen LogP contribution in [0.1, 0.15) is 111 Å². The Morgan fingerprint density at radius 2 is 1.63 bits per heavy atom. The van der Waals surface area contributed by atoms with E-state index in [-0.39, 0.29) is 29.5 Å². The molecule has 2 amide bonds. The second-order valence-electron chi connectivity index (χ2n) is 16.7. The largest absolute Gasteiger partial charge is 0.444 e. The Hall–Kier alpha value is -2.20. The van der Waals surface area contributed by atoms with Crippen LogP contribution in [0.3, 0.4) is 0 Å². The number of ether oxygens (including phenoxy) is 1. The number of aliphatic imine (C=N–C) groups is 1. The Labute approximate surface area is 328 Å². The number of piperazine rings is 1. The first-order valence-corrected chi connectivity index (χ1v) is 21.2. The van der Waals surface area contributed by atoms with Crippen molar-refractivity contribution >= 4 is 45.7 Å². The molecule has 0 N–H and O–H groups in total. The van der Waals surface area contributed by atoms with E-state index in [1.807, 2.05) is 53.0 Å². The average molecular weight is 803 g/mol. The van der Waals surface area contributed by atoms with Crippen molar-refractivity contribution in [2.45, 2.75) is 124 Å². The number of carbonyl (C=O) groups is 2. The Bertz CT molecular complexity index is 1430. The molecule has 0 aromatic heterocycles. The van der Waals surface area contributed by atoms with Gasteiger partial charge in [0, 0.05) is 80.9 Å². The summed E-state index contributed by atoms with van der Waals surface area (Å²) in [6.07, 6.45) is 9.95. The van der Waals surface area contributed by atoms with E-state index in [0.717, 1.165) is 82.0 Å². The quantitative estimate of drug-likeness (QED) is 0.203. The molecule has 52 heavy (non-hydrogen) atoms. The Morgan fingerprint density at radius 3 is 2.23 bits per heavy atom. The molecule has 3 heterocycles. The van der Waals surface area contributed by atoms with E-state index < -0.39 is 5.60 Å². The number of benzene rings is 1. The van der Waals surface area contributed by atoms with E-state index in [2.05, 4.69) is 70.1 Å². The maximum atomic E-state index is 13.9. The lowest BCUT2D eigenvalue weighted by atomic mass is 9.82. The van der Waals surface area contributed by atoms with Crippen LogP contribution in [-0.4, -0.2) is 107 Å². The summed E-state index contributed by atoms with van der Waals surface area (Å²) in [7, 11) is 0. The van der Waals surface area contributed by atoms with Crippen LogP contribution in [0, 0.1) is 11.3 Å². The molecule has 5 rings (SSSR count). The van der Waals surface area contributed by atoms with Gasteiger partial charge in [-0.1, -0.05) is 80.9 Å². The SMILES string of the molecule is C=CC1=C(N=CCBr)C(N2CCC(N3CCN(C(=O)CC4CCN(C(=O)OC(C)(C)C)CC4)C(C(C)(C)C)C3)CC2)c2ccc(Cl)cc2CC1.CC. The molecule has 1 aromatic rings. The molecular weight excluding hydrogens is 738 g/mol. The highest BCUT2D eigenvalue weighted by atomic mass is 79.9. The number of rotatable bonds is 7. The van der Waals surface area contributed by atoms with Crippen LogP contribution in [0.2, 0.25) is 5.02 Å². The summed E-state index contributed by atoms with van der Waals surface area (Å²) in [5.74, 6) is 0.567. The molecule has 1 aromatic carbocycles. The minimum atomic E-state index is -0.500. The number of hydrogen-bond donors (Lipinski definition) is 0. The third kappa shape index (κ3) is 10.9. The van der Waals surface area contributed by atoms with E-state index in [1.54, 1.807) is 4.90 Å². The summed E-state index contributed by atoms with van der Waals surface area (Å²) >= 11 is 10.0. The third-order valence-corrected chi connectivity index (χ3v) is 11.6. The first-order chi connectivity index (χ1) is 24.7. The minimum Gasteiger partial charge on any atom is -0.444 e. The van der Waals surface area contributed by atoms with Crippen LogP contribution in [0.5, 0.6) is 0 Å². The summed E-state index contributed by atoms with van der Waals surface area (Å²) in [6, 6.07) is 7.07. The van der Waals surface area contributed by atoms with Crippen LogP contribution in [0.4, 0.5) is 4.79 Å². The number of carbonyl (C=O) groups excluding carboxylic acids is 2. The molecule has 8 nitrogen and oxygen atoms in total. The van der Waals surface area contributed by atoms with E-state index >= 15 is 0 Å². The topological polar surface area (TPSA) is 68.7 Å². The van der Waals surface area contributed by atoms with Crippen molar-refractivity contribution in [2.24, 2.45) is 16.3 Å². The third-order valence-electron chi connectivity index (χ3n) is 11.0. The van der Waals surface area contributed by atoms with Gasteiger partial charge in [0.1, 0.15) is 5.60 Å². The first-order valence-electron chi connectivity index (χ1n) is 19.7. The van der Waals surface area contributed by atoms with Gasteiger partial charge in [-0.15, -0.1) is 0 Å². The van der Waals surface area contributed by atoms with Crippen LogP contribution in [0.25, 0.3) is 0 Å². The van der Waals surface area contributed by atoms with Gasteiger partial charge in [0.25, 0.3) is 0 Å². The zero-order valence-electron chi connectivity index (χ0n) is 33.2. The lowest BCUT2D eigenvalue weighted by Crippen LogP contribution is -2.62. The van der Waals surface area contributed by atoms with E-state index in [0.29, 0.717) is 36.8 Å². The number of amides is 2. The predicted octanol–water partition coefficient (Wildman–Crippen LogP) is 9.32. The monoisotopic (exact) mass is 801 g/mol. The second kappa shape index (κ2) is 18.9. The highest BCUT2D eigenvalue weighted by Gasteiger charge is 2.42.